The Morgan fingerprint density at radius 3 is 2.75 bits per heavy atom. The molecule has 0 atom stereocenters. The van der Waals surface area contributed by atoms with Gasteiger partial charge in [0.25, 0.3) is 5.91 Å². The average molecular weight is 383 g/mol. The normalized spacial score (nSPS) is 9.90. The number of hydrogen-bond acceptors (Lipinski definition) is 3. The van der Waals surface area contributed by atoms with Crippen LogP contribution in [0.2, 0.25) is 0 Å². The highest BCUT2D eigenvalue weighted by atomic mass is 127. The number of ether oxygens (including phenoxy) is 2. The number of carbonyl (C=O) groups is 1. The van der Waals surface area contributed by atoms with E-state index in [1.807, 2.05) is 36.4 Å². The van der Waals surface area contributed by atoms with E-state index in [1.165, 1.54) is 0 Å². The number of anilines is 1. The minimum atomic E-state index is -0.210. The second-order valence-corrected chi connectivity index (χ2v) is 5.16. The molecule has 0 heterocycles. The van der Waals surface area contributed by atoms with Gasteiger partial charge in [0, 0.05) is 11.8 Å². The summed E-state index contributed by atoms with van der Waals surface area (Å²) in [7, 11) is 1.58. The van der Waals surface area contributed by atoms with E-state index in [0.717, 1.165) is 3.57 Å². The maximum absolute atomic E-state index is 11.8. The lowest BCUT2D eigenvalue weighted by molar-refractivity contribution is -0.118. The Morgan fingerprint density at radius 2 is 2.00 bits per heavy atom. The molecule has 1 amide bonds. The molecule has 1 N–H and O–H groups in total. The summed E-state index contributed by atoms with van der Waals surface area (Å²) in [5, 5.41) is 2.76. The number of halogens is 1. The van der Waals surface area contributed by atoms with Crippen LogP contribution in [-0.4, -0.2) is 19.6 Å². The van der Waals surface area contributed by atoms with E-state index in [0.29, 0.717) is 17.2 Å². The van der Waals surface area contributed by atoms with Gasteiger partial charge < -0.3 is 14.8 Å². The van der Waals surface area contributed by atoms with E-state index in [4.69, 9.17) is 9.47 Å². The lowest BCUT2D eigenvalue weighted by Crippen LogP contribution is -2.20. The zero-order chi connectivity index (χ0) is 14.4. The Labute approximate surface area is 131 Å². The van der Waals surface area contributed by atoms with Crippen molar-refractivity contribution < 1.29 is 14.3 Å². The van der Waals surface area contributed by atoms with E-state index in [9.17, 15) is 4.79 Å². The number of carbonyl (C=O) groups excluding carboxylic acids is 1. The molecular weight excluding hydrogens is 369 g/mol. The lowest BCUT2D eigenvalue weighted by atomic mass is 10.3. The molecule has 0 radical (unpaired) electrons. The van der Waals surface area contributed by atoms with Crippen molar-refractivity contribution in [3.05, 3.63) is 52.1 Å². The average Bonchev–Trinajstić information content (AvgIpc) is 2.46. The van der Waals surface area contributed by atoms with Gasteiger partial charge in [-0.15, -0.1) is 0 Å². The van der Waals surface area contributed by atoms with Gasteiger partial charge in [0.2, 0.25) is 0 Å². The Morgan fingerprint density at radius 1 is 1.20 bits per heavy atom. The molecule has 0 aromatic heterocycles. The molecule has 0 saturated heterocycles. The van der Waals surface area contributed by atoms with Gasteiger partial charge in [0.1, 0.15) is 11.5 Å². The monoisotopic (exact) mass is 383 g/mol. The Kier molecular flexibility index (Phi) is 5.23. The van der Waals surface area contributed by atoms with Crippen LogP contribution < -0.4 is 14.8 Å². The largest absolute Gasteiger partial charge is 0.497 e. The first kappa shape index (κ1) is 14.6. The third-order valence-corrected chi connectivity index (χ3v) is 3.44. The number of nitrogens with one attached hydrogen (secondary N) is 1. The Bertz CT molecular complexity index is 601. The Balaban J connectivity index is 1.91. The summed E-state index contributed by atoms with van der Waals surface area (Å²) in [6.45, 7) is -0.0305. The van der Waals surface area contributed by atoms with E-state index in [2.05, 4.69) is 27.9 Å². The van der Waals surface area contributed by atoms with Crippen molar-refractivity contribution in [3.63, 3.8) is 0 Å². The van der Waals surface area contributed by atoms with Crippen LogP contribution in [-0.2, 0) is 4.79 Å². The SMILES string of the molecule is COc1cccc(NC(=O)COc2ccccc2I)c1. The molecule has 0 fully saturated rings. The van der Waals surface area contributed by atoms with Crippen LogP contribution in [0.15, 0.2) is 48.5 Å². The topological polar surface area (TPSA) is 47.6 Å². The number of rotatable bonds is 5. The van der Waals surface area contributed by atoms with Crippen molar-refractivity contribution in [3.8, 4) is 11.5 Å². The summed E-state index contributed by atoms with van der Waals surface area (Å²) in [6.07, 6.45) is 0. The zero-order valence-electron chi connectivity index (χ0n) is 10.9. The molecule has 0 aliphatic carbocycles. The summed E-state index contributed by atoms with van der Waals surface area (Å²) < 4.78 is 11.5. The molecule has 0 bridgehead atoms. The number of benzene rings is 2. The number of amides is 1. The van der Waals surface area contributed by atoms with Gasteiger partial charge in [-0.3, -0.25) is 4.79 Å². The number of methoxy groups -OCH3 is 1. The van der Waals surface area contributed by atoms with Crippen molar-refractivity contribution in [2.24, 2.45) is 0 Å². The third kappa shape index (κ3) is 4.12. The maximum Gasteiger partial charge on any atom is 0.262 e. The molecule has 0 spiro atoms. The highest BCUT2D eigenvalue weighted by molar-refractivity contribution is 14.1. The molecule has 0 saturated carbocycles. The summed E-state index contributed by atoms with van der Waals surface area (Å²) in [5.41, 5.74) is 0.681. The van der Waals surface area contributed by atoms with Crippen LogP contribution in [0.3, 0.4) is 0 Å². The van der Waals surface area contributed by atoms with E-state index < -0.39 is 0 Å². The number of hydrogen-bond donors (Lipinski definition) is 1. The highest BCUT2D eigenvalue weighted by Crippen LogP contribution is 2.20. The van der Waals surface area contributed by atoms with Gasteiger partial charge in [-0.2, -0.15) is 0 Å². The molecule has 5 heteroatoms. The number of para-hydroxylation sites is 1. The Hall–Kier alpha value is -1.76. The standard InChI is InChI=1S/C15H14INO3/c1-19-12-6-4-5-11(9-12)17-15(18)10-20-14-8-3-2-7-13(14)16/h2-9H,10H2,1H3,(H,17,18). The lowest BCUT2D eigenvalue weighted by Gasteiger charge is -2.09. The molecule has 4 nitrogen and oxygen atoms in total. The van der Waals surface area contributed by atoms with Gasteiger partial charge in [0.05, 0.1) is 10.7 Å². The highest BCUT2D eigenvalue weighted by Gasteiger charge is 2.06. The minimum absolute atomic E-state index is 0.0305. The maximum atomic E-state index is 11.8. The van der Waals surface area contributed by atoms with Crippen molar-refractivity contribution in [2.75, 3.05) is 19.0 Å². The minimum Gasteiger partial charge on any atom is -0.497 e. The van der Waals surface area contributed by atoms with Crippen LogP contribution in [0.5, 0.6) is 11.5 Å². The van der Waals surface area contributed by atoms with Crippen molar-refractivity contribution in [1.29, 1.82) is 0 Å². The summed E-state index contributed by atoms with van der Waals surface area (Å²) >= 11 is 2.17. The van der Waals surface area contributed by atoms with Gasteiger partial charge in [-0.25, -0.2) is 0 Å². The van der Waals surface area contributed by atoms with Gasteiger partial charge in [-0.05, 0) is 46.9 Å². The van der Waals surface area contributed by atoms with Gasteiger partial charge in [-0.1, -0.05) is 18.2 Å². The van der Waals surface area contributed by atoms with Gasteiger partial charge in [0.15, 0.2) is 6.61 Å². The van der Waals surface area contributed by atoms with E-state index >= 15 is 0 Å². The van der Waals surface area contributed by atoms with Crippen molar-refractivity contribution in [1.82, 2.24) is 0 Å². The fourth-order valence-corrected chi connectivity index (χ4v) is 2.15. The summed E-state index contributed by atoms with van der Waals surface area (Å²) in [6, 6.07) is 14.7. The molecule has 0 aliphatic heterocycles. The quantitative estimate of drug-likeness (QED) is 0.806. The molecule has 2 aromatic carbocycles. The molecule has 20 heavy (non-hydrogen) atoms. The molecule has 2 aromatic rings. The van der Waals surface area contributed by atoms with Crippen LogP contribution >= 0.6 is 22.6 Å². The first-order valence-electron chi connectivity index (χ1n) is 6.00. The van der Waals surface area contributed by atoms with E-state index in [-0.39, 0.29) is 12.5 Å². The third-order valence-electron chi connectivity index (χ3n) is 2.55. The van der Waals surface area contributed by atoms with Crippen LogP contribution in [0.25, 0.3) is 0 Å². The molecule has 2 rings (SSSR count). The first-order valence-corrected chi connectivity index (χ1v) is 7.08. The summed E-state index contributed by atoms with van der Waals surface area (Å²) in [5.74, 6) is 1.19. The van der Waals surface area contributed by atoms with Crippen LogP contribution in [0, 0.1) is 3.57 Å². The predicted molar refractivity (Wildman–Crippen MR) is 86.3 cm³/mol. The van der Waals surface area contributed by atoms with Crippen LogP contribution in [0.4, 0.5) is 5.69 Å². The first-order chi connectivity index (χ1) is 9.69. The van der Waals surface area contributed by atoms with Crippen LogP contribution in [0.1, 0.15) is 0 Å². The fraction of sp³-hybridized carbons (Fsp3) is 0.133. The second kappa shape index (κ2) is 7.14. The molecule has 0 aliphatic rings. The fourth-order valence-electron chi connectivity index (χ4n) is 1.60. The zero-order valence-corrected chi connectivity index (χ0v) is 13.1. The molecular formula is C15H14INO3. The second-order valence-electron chi connectivity index (χ2n) is 4.00. The summed E-state index contributed by atoms with van der Waals surface area (Å²) in [4.78, 5) is 11.8. The van der Waals surface area contributed by atoms with Crippen molar-refractivity contribution in [2.45, 2.75) is 0 Å². The predicted octanol–water partition coefficient (Wildman–Crippen LogP) is 3.32. The van der Waals surface area contributed by atoms with Gasteiger partial charge >= 0.3 is 0 Å². The van der Waals surface area contributed by atoms with E-state index in [1.54, 1.807) is 19.2 Å². The van der Waals surface area contributed by atoms with Crippen molar-refractivity contribution >= 4 is 34.2 Å². The molecule has 0 unspecified atom stereocenters. The smallest absolute Gasteiger partial charge is 0.262 e. The molecule has 104 valence electrons.